The molecule has 1 N–H and O–H groups in total. The summed E-state index contributed by atoms with van der Waals surface area (Å²) in [6.07, 6.45) is 5.00. The lowest BCUT2D eigenvalue weighted by atomic mass is 9.99. The second-order valence-corrected chi connectivity index (χ2v) is 6.41. The third-order valence-electron chi connectivity index (χ3n) is 4.51. The predicted octanol–water partition coefficient (Wildman–Crippen LogP) is 1.94. The number of hydrogen-bond acceptors (Lipinski definition) is 6. The van der Waals surface area contributed by atoms with Crippen LogP contribution in [-0.2, 0) is 4.79 Å². The normalized spacial score (nSPS) is 13.9. The Balaban J connectivity index is 1.36. The van der Waals surface area contributed by atoms with Crippen LogP contribution in [0.3, 0.4) is 0 Å². The van der Waals surface area contributed by atoms with Gasteiger partial charge in [-0.1, -0.05) is 0 Å². The van der Waals surface area contributed by atoms with Crippen LogP contribution < -0.4 is 10.2 Å². The van der Waals surface area contributed by atoms with E-state index in [-0.39, 0.29) is 17.6 Å². The number of ketones is 1. The fourth-order valence-electron chi connectivity index (χ4n) is 2.90. The predicted molar refractivity (Wildman–Crippen MR) is 99.9 cm³/mol. The van der Waals surface area contributed by atoms with Crippen LogP contribution in [0.2, 0.25) is 0 Å². The van der Waals surface area contributed by atoms with E-state index < -0.39 is 0 Å². The largest absolute Gasteiger partial charge is 0.355 e. The van der Waals surface area contributed by atoms with Crippen LogP contribution in [0.25, 0.3) is 5.82 Å². The second kappa shape index (κ2) is 6.99. The summed E-state index contributed by atoms with van der Waals surface area (Å²) in [6, 6.07) is 10.6. The van der Waals surface area contributed by atoms with Crippen LogP contribution in [0.5, 0.6) is 0 Å². The fraction of sp³-hybridized carbons (Fsp3) is 0.211. The summed E-state index contributed by atoms with van der Waals surface area (Å²) in [7, 11) is 0. The minimum absolute atomic E-state index is 0.00171. The number of aromatic nitrogens is 4. The Bertz CT molecular complexity index is 962. The first-order valence-electron chi connectivity index (χ1n) is 8.59. The molecule has 3 heterocycles. The molecule has 2 aromatic heterocycles. The molecule has 0 radical (unpaired) electrons. The van der Waals surface area contributed by atoms with Gasteiger partial charge in [-0.3, -0.25) is 9.59 Å². The summed E-state index contributed by atoms with van der Waals surface area (Å²) >= 11 is 0. The molecular formula is C19H18N6O2. The number of hydrogen-bond donors (Lipinski definition) is 1. The summed E-state index contributed by atoms with van der Waals surface area (Å²) in [5.74, 6) is 1.31. The van der Waals surface area contributed by atoms with Crippen molar-refractivity contribution >= 4 is 23.2 Å². The van der Waals surface area contributed by atoms with Gasteiger partial charge in [0, 0.05) is 42.8 Å². The van der Waals surface area contributed by atoms with Gasteiger partial charge < -0.3 is 10.2 Å². The molecule has 1 saturated heterocycles. The van der Waals surface area contributed by atoms with Gasteiger partial charge in [-0.2, -0.15) is 5.10 Å². The molecule has 8 heteroatoms. The minimum Gasteiger partial charge on any atom is -0.355 e. The van der Waals surface area contributed by atoms with Crippen molar-refractivity contribution in [3.63, 3.8) is 0 Å². The maximum Gasteiger partial charge on any atom is 0.231 e. The van der Waals surface area contributed by atoms with Crippen molar-refractivity contribution in [1.82, 2.24) is 19.7 Å². The molecule has 27 heavy (non-hydrogen) atoms. The van der Waals surface area contributed by atoms with Gasteiger partial charge in [0.05, 0.1) is 5.92 Å². The molecule has 0 saturated carbocycles. The maximum atomic E-state index is 12.4. The Hall–Kier alpha value is -3.55. The highest BCUT2D eigenvalue weighted by Gasteiger charge is 2.33. The number of nitrogens with one attached hydrogen (secondary N) is 1. The Kier molecular flexibility index (Phi) is 4.37. The summed E-state index contributed by atoms with van der Waals surface area (Å²) in [6.45, 7) is 2.70. The van der Waals surface area contributed by atoms with Crippen LogP contribution >= 0.6 is 0 Å². The molecule has 136 valence electrons. The fourth-order valence-corrected chi connectivity index (χ4v) is 2.90. The van der Waals surface area contributed by atoms with Gasteiger partial charge in [0.15, 0.2) is 11.6 Å². The van der Waals surface area contributed by atoms with Gasteiger partial charge in [-0.15, -0.1) is 0 Å². The van der Waals surface area contributed by atoms with Gasteiger partial charge >= 0.3 is 0 Å². The SMILES string of the molecule is CC(=O)c1ccc(NC(=O)C2CN(c3cc(-n4cccn4)ncn3)C2)cc1. The van der Waals surface area contributed by atoms with E-state index in [1.807, 2.05) is 23.2 Å². The van der Waals surface area contributed by atoms with Crippen LogP contribution in [0.1, 0.15) is 17.3 Å². The van der Waals surface area contributed by atoms with Gasteiger partial charge in [-0.25, -0.2) is 14.6 Å². The number of benzene rings is 1. The summed E-state index contributed by atoms with van der Waals surface area (Å²) in [5, 5.41) is 7.05. The lowest BCUT2D eigenvalue weighted by Crippen LogP contribution is -2.52. The quantitative estimate of drug-likeness (QED) is 0.697. The van der Waals surface area contributed by atoms with E-state index in [2.05, 4.69) is 20.4 Å². The van der Waals surface area contributed by atoms with Crippen molar-refractivity contribution in [1.29, 1.82) is 0 Å². The Labute approximate surface area is 155 Å². The van der Waals surface area contributed by atoms with E-state index in [0.717, 1.165) is 5.82 Å². The van der Waals surface area contributed by atoms with E-state index in [1.165, 1.54) is 13.3 Å². The van der Waals surface area contributed by atoms with Gasteiger partial charge in [0.1, 0.15) is 12.1 Å². The number of anilines is 2. The smallest absolute Gasteiger partial charge is 0.231 e. The molecule has 1 fully saturated rings. The van der Waals surface area contributed by atoms with Crippen LogP contribution in [0, 0.1) is 5.92 Å². The standard InChI is InChI=1S/C19H18N6O2/c1-13(26)14-3-5-16(6-4-14)23-19(27)15-10-24(11-15)17-9-18(21-12-20-17)25-8-2-7-22-25/h2-9,12,15H,10-11H2,1H3,(H,23,27). The van der Waals surface area contributed by atoms with Gasteiger partial charge in [0.2, 0.25) is 5.91 Å². The molecule has 1 aromatic carbocycles. The van der Waals surface area contributed by atoms with Crippen LogP contribution in [0.4, 0.5) is 11.5 Å². The average molecular weight is 362 g/mol. The molecule has 0 aliphatic carbocycles. The number of nitrogens with zero attached hydrogens (tertiary/aromatic N) is 5. The van der Waals surface area contributed by atoms with Crippen LogP contribution in [-0.4, -0.2) is 44.5 Å². The topological polar surface area (TPSA) is 93.0 Å². The average Bonchev–Trinajstić information content (AvgIpc) is 3.16. The molecule has 0 bridgehead atoms. The number of carbonyl (C=O) groups is 2. The molecule has 1 aliphatic rings. The zero-order chi connectivity index (χ0) is 18.8. The summed E-state index contributed by atoms with van der Waals surface area (Å²) in [5.41, 5.74) is 1.31. The van der Waals surface area contributed by atoms with Gasteiger partial charge in [0.25, 0.3) is 0 Å². The molecule has 4 rings (SSSR count). The van der Waals surface area contributed by atoms with E-state index in [0.29, 0.717) is 30.2 Å². The molecule has 3 aromatic rings. The first-order valence-corrected chi connectivity index (χ1v) is 8.59. The molecule has 1 aliphatic heterocycles. The Morgan fingerprint density at radius 2 is 1.85 bits per heavy atom. The first kappa shape index (κ1) is 16.9. The maximum absolute atomic E-state index is 12.4. The minimum atomic E-state index is -0.111. The monoisotopic (exact) mass is 362 g/mol. The number of Topliss-reactive ketones (excluding diaryl/α,β-unsaturated/α-hetero) is 1. The number of rotatable bonds is 5. The van der Waals surface area contributed by atoms with E-state index in [4.69, 9.17) is 0 Å². The number of amides is 1. The Morgan fingerprint density at radius 1 is 1.11 bits per heavy atom. The van der Waals surface area contributed by atoms with Crippen molar-refractivity contribution < 1.29 is 9.59 Å². The third-order valence-corrected chi connectivity index (χ3v) is 4.51. The molecule has 0 spiro atoms. The molecular weight excluding hydrogens is 344 g/mol. The Morgan fingerprint density at radius 3 is 2.52 bits per heavy atom. The van der Waals surface area contributed by atoms with E-state index in [1.54, 1.807) is 35.1 Å². The van der Waals surface area contributed by atoms with Crippen molar-refractivity contribution in [3.8, 4) is 5.82 Å². The van der Waals surface area contributed by atoms with Crippen LogP contribution in [0.15, 0.2) is 55.1 Å². The summed E-state index contributed by atoms with van der Waals surface area (Å²) < 4.78 is 1.67. The highest BCUT2D eigenvalue weighted by molar-refractivity contribution is 5.96. The van der Waals surface area contributed by atoms with E-state index >= 15 is 0 Å². The van der Waals surface area contributed by atoms with Gasteiger partial charge in [-0.05, 0) is 37.3 Å². The van der Waals surface area contributed by atoms with Crippen molar-refractivity contribution in [2.24, 2.45) is 5.92 Å². The molecule has 0 unspecified atom stereocenters. The molecule has 0 atom stereocenters. The number of carbonyl (C=O) groups excluding carboxylic acids is 2. The van der Waals surface area contributed by atoms with Crippen molar-refractivity contribution in [3.05, 3.63) is 60.7 Å². The highest BCUT2D eigenvalue weighted by Crippen LogP contribution is 2.24. The highest BCUT2D eigenvalue weighted by atomic mass is 16.2. The van der Waals surface area contributed by atoms with Crippen molar-refractivity contribution in [2.75, 3.05) is 23.3 Å². The summed E-state index contributed by atoms with van der Waals surface area (Å²) in [4.78, 5) is 34.2. The third kappa shape index (κ3) is 3.55. The van der Waals surface area contributed by atoms with Crippen molar-refractivity contribution in [2.45, 2.75) is 6.92 Å². The molecule has 8 nitrogen and oxygen atoms in total. The first-order chi connectivity index (χ1) is 13.1. The molecule has 1 amide bonds. The van der Waals surface area contributed by atoms with E-state index in [9.17, 15) is 9.59 Å². The lowest BCUT2D eigenvalue weighted by molar-refractivity contribution is -0.120. The lowest BCUT2D eigenvalue weighted by Gasteiger charge is -2.39. The second-order valence-electron chi connectivity index (χ2n) is 6.41. The zero-order valence-corrected chi connectivity index (χ0v) is 14.7. The zero-order valence-electron chi connectivity index (χ0n) is 14.7.